The van der Waals surface area contributed by atoms with Gasteiger partial charge in [-0.05, 0) is 43.3 Å². The number of rotatable bonds is 6. The topological polar surface area (TPSA) is 95.6 Å². The van der Waals surface area contributed by atoms with E-state index < -0.39 is 23.5 Å². The predicted molar refractivity (Wildman–Crippen MR) is 105 cm³/mol. The van der Waals surface area contributed by atoms with Gasteiger partial charge >= 0.3 is 0 Å². The van der Waals surface area contributed by atoms with Gasteiger partial charge in [-0.15, -0.1) is 0 Å². The van der Waals surface area contributed by atoms with Gasteiger partial charge in [0.25, 0.3) is 0 Å². The molecule has 150 valence electrons. The van der Waals surface area contributed by atoms with Crippen molar-refractivity contribution in [2.45, 2.75) is 13.3 Å². The summed E-state index contributed by atoms with van der Waals surface area (Å²) in [7, 11) is 0. The van der Waals surface area contributed by atoms with Crippen LogP contribution in [0.2, 0.25) is 0 Å². The van der Waals surface area contributed by atoms with Crippen LogP contribution in [0.3, 0.4) is 0 Å². The summed E-state index contributed by atoms with van der Waals surface area (Å²) in [5.41, 5.74) is 1.45. The molecular formula is C21H20FN3O4. The molecule has 0 unspecified atom stereocenters. The van der Waals surface area contributed by atoms with Gasteiger partial charge in [0.15, 0.2) is 5.78 Å². The smallest absolute Gasteiger partial charge is 0.243 e. The van der Waals surface area contributed by atoms with Crippen LogP contribution in [0.1, 0.15) is 23.7 Å². The average molecular weight is 397 g/mol. The molecule has 1 fully saturated rings. The maximum atomic E-state index is 13.0. The number of anilines is 2. The van der Waals surface area contributed by atoms with E-state index in [1.54, 1.807) is 24.3 Å². The number of hydrogen-bond acceptors (Lipinski definition) is 4. The molecule has 3 rings (SSSR count). The van der Waals surface area contributed by atoms with Crippen molar-refractivity contribution in [2.24, 2.45) is 5.92 Å². The molecular weight excluding hydrogens is 377 g/mol. The fraction of sp³-hybridized carbons (Fsp3) is 0.238. The normalized spacial score (nSPS) is 15.9. The van der Waals surface area contributed by atoms with Gasteiger partial charge in [-0.3, -0.25) is 19.2 Å². The first-order chi connectivity index (χ1) is 13.8. The van der Waals surface area contributed by atoms with E-state index in [4.69, 9.17) is 0 Å². The van der Waals surface area contributed by atoms with Crippen LogP contribution in [-0.2, 0) is 14.4 Å². The molecule has 0 aliphatic carbocycles. The highest BCUT2D eigenvalue weighted by Crippen LogP contribution is 2.25. The zero-order valence-corrected chi connectivity index (χ0v) is 15.8. The quantitative estimate of drug-likeness (QED) is 0.730. The Bertz CT molecular complexity index is 959. The van der Waals surface area contributed by atoms with Crippen LogP contribution in [0.4, 0.5) is 15.8 Å². The molecule has 1 atom stereocenters. The van der Waals surface area contributed by atoms with Gasteiger partial charge in [-0.2, -0.15) is 0 Å². The number of nitrogens with one attached hydrogen (secondary N) is 2. The molecule has 2 aromatic rings. The van der Waals surface area contributed by atoms with Crippen molar-refractivity contribution in [3.63, 3.8) is 0 Å². The third-order valence-corrected chi connectivity index (χ3v) is 4.61. The predicted octanol–water partition coefficient (Wildman–Crippen LogP) is 2.14. The minimum absolute atomic E-state index is 0.0193. The van der Waals surface area contributed by atoms with Gasteiger partial charge in [0.2, 0.25) is 17.7 Å². The molecule has 0 aromatic heterocycles. The summed E-state index contributed by atoms with van der Waals surface area (Å²) < 4.78 is 13.0. The van der Waals surface area contributed by atoms with Crippen molar-refractivity contribution in [3.05, 3.63) is 59.9 Å². The van der Waals surface area contributed by atoms with Gasteiger partial charge in [0.05, 0.1) is 12.5 Å². The van der Waals surface area contributed by atoms with E-state index in [0.29, 0.717) is 16.9 Å². The molecule has 2 N–H and O–H groups in total. The zero-order chi connectivity index (χ0) is 21.0. The molecule has 0 saturated carbocycles. The maximum Gasteiger partial charge on any atom is 0.243 e. The minimum atomic E-state index is -0.596. The number of benzene rings is 2. The first-order valence-corrected chi connectivity index (χ1v) is 9.08. The highest BCUT2D eigenvalue weighted by atomic mass is 19.1. The van der Waals surface area contributed by atoms with Crippen LogP contribution in [0.15, 0.2) is 48.5 Å². The van der Waals surface area contributed by atoms with E-state index in [1.807, 2.05) is 0 Å². The van der Waals surface area contributed by atoms with E-state index in [0.717, 1.165) is 0 Å². The van der Waals surface area contributed by atoms with Gasteiger partial charge in [-0.1, -0.05) is 12.1 Å². The van der Waals surface area contributed by atoms with Gasteiger partial charge in [0.1, 0.15) is 5.82 Å². The third-order valence-electron chi connectivity index (χ3n) is 4.61. The number of ketones is 1. The number of Topliss-reactive ketones (excluding diaryl/α,β-unsaturated/α-hetero) is 1. The van der Waals surface area contributed by atoms with Crippen LogP contribution in [0, 0.1) is 11.7 Å². The fourth-order valence-electron chi connectivity index (χ4n) is 3.09. The van der Waals surface area contributed by atoms with E-state index >= 15 is 0 Å². The second kappa shape index (κ2) is 8.64. The van der Waals surface area contributed by atoms with Crippen molar-refractivity contribution in [3.8, 4) is 0 Å². The van der Waals surface area contributed by atoms with Crippen molar-refractivity contribution in [1.29, 1.82) is 0 Å². The second-order valence-corrected chi connectivity index (χ2v) is 6.78. The fourth-order valence-corrected chi connectivity index (χ4v) is 3.09. The van der Waals surface area contributed by atoms with Crippen molar-refractivity contribution in [2.75, 3.05) is 23.3 Å². The molecule has 1 aliphatic heterocycles. The average Bonchev–Trinajstić information content (AvgIpc) is 3.08. The summed E-state index contributed by atoms with van der Waals surface area (Å²) in [5, 5.41) is 5.14. The van der Waals surface area contributed by atoms with E-state index in [1.165, 1.54) is 36.1 Å². The van der Waals surface area contributed by atoms with Crippen LogP contribution < -0.4 is 15.5 Å². The lowest BCUT2D eigenvalue weighted by Gasteiger charge is -2.16. The summed E-state index contributed by atoms with van der Waals surface area (Å²) in [6.07, 6.45) is 0.0193. The van der Waals surface area contributed by atoms with Gasteiger partial charge < -0.3 is 15.5 Å². The molecule has 0 radical (unpaired) electrons. The van der Waals surface area contributed by atoms with E-state index in [2.05, 4.69) is 10.6 Å². The lowest BCUT2D eigenvalue weighted by Crippen LogP contribution is -2.37. The van der Waals surface area contributed by atoms with Crippen LogP contribution >= 0.6 is 0 Å². The Balaban J connectivity index is 1.52. The Hall–Kier alpha value is -3.55. The second-order valence-electron chi connectivity index (χ2n) is 6.78. The number of nitrogens with zero attached hydrogens (tertiary/aromatic N) is 1. The van der Waals surface area contributed by atoms with Crippen molar-refractivity contribution in [1.82, 2.24) is 5.32 Å². The molecule has 29 heavy (non-hydrogen) atoms. The monoisotopic (exact) mass is 397 g/mol. The first-order valence-electron chi connectivity index (χ1n) is 9.08. The molecule has 7 nitrogen and oxygen atoms in total. The molecule has 1 saturated heterocycles. The summed E-state index contributed by atoms with van der Waals surface area (Å²) in [6.45, 7) is 1.34. The van der Waals surface area contributed by atoms with Gasteiger partial charge in [-0.25, -0.2) is 4.39 Å². The summed E-state index contributed by atoms with van der Waals surface area (Å²) >= 11 is 0. The van der Waals surface area contributed by atoms with E-state index in [9.17, 15) is 23.6 Å². The number of halogens is 1. The Morgan fingerprint density at radius 2 is 1.86 bits per heavy atom. The zero-order valence-electron chi connectivity index (χ0n) is 15.8. The molecule has 8 heteroatoms. The van der Waals surface area contributed by atoms with Crippen LogP contribution in [-0.4, -0.2) is 36.6 Å². The van der Waals surface area contributed by atoms with E-state index in [-0.39, 0.29) is 31.2 Å². The number of amides is 3. The minimum Gasteiger partial charge on any atom is -0.347 e. The number of hydrogen-bond donors (Lipinski definition) is 2. The largest absolute Gasteiger partial charge is 0.347 e. The highest BCUT2D eigenvalue weighted by molar-refractivity contribution is 6.02. The molecule has 3 amide bonds. The molecule has 0 spiro atoms. The summed E-state index contributed by atoms with van der Waals surface area (Å²) in [4.78, 5) is 49.4. The van der Waals surface area contributed by atoms with Crippen molar-refractivity contribution >= 4 is 34.9 Å². The van der Waals surface area contributed by atoms with Crippen molar-refractivity contribution < 1.29 is 23.6 Å². The lowest BCUT2D eigenvalue weighted by molar-refractivity contribution is -0.127. The van der Waals surface area contributed by atoms with Crippen LogP contribution in [0.5, 0.6) is 0 Å². The highest BCUT2D eigenvalue weighted by Gasteiger charge is 2.35. The molecule has 2 aromatic carbocycles. The Labute approximate surface area is 166 Å². The Morgan fingerprint density at radius 3 is 2.55 bits per heavy atom. The van der Waals surface area contributed by atoms with Crippen LogP contribution in [0.25, 0.3) is 0 Å². The SMILES string of the molecule is CC(=O)c1cccc(NC(=O)CNC(=O)[C@H]2CC(=O)N(c3ccc(F)cc3)C2)c1. The molecule has 1 aliphatic rings. The lowest BCUT2D eigenvalue weighted by atomic mass is 10.1. The standard InChI is InChI=1S/C21H20FN3O4/c1-13(26)14-3-2-4-17(9-14)24-19(27)11-23-21(29)15-10-20(28)25(12-15)18-7-5-16(22)6-8-18/h2-9,15H,10-12H2,1H3,(H,23,29)(H,24,27)/t15-/m0/s1. The number of carbonyl (C=O) groups is 4. The maximum absolute atomic E-state index is 13.0. The molecule has 0 bridgehead atoms. The molecule has 1 heterocycles. The van der Waals surface area contributed by atoms with Gasteiger partial charge in [0, 0.05) is 29.9 Å². The Kier molecular flexibility index (Phi) is 6.01. The first kappa shape index (κ1) is 20.2. The Morgan fingerprint density at radius 1 is 1.14 bits per heavy atom. The number of carbonyl (C=O) groups excluding carboxylic acids is 4. The third kappa shape index (κ3) is 5.04. The summed E-state index contributed by atoms with van der Waals surface area (Å²) in [5.74, 6) is -2.21. The summed E-state index contributed by atoms with van der Waals surface area (Å²) in [6, 6.07) is 12.0.